The van der Waals surface area contributed by atoms with E-state index in [1.165, 1.54) is 12.1 Å². The molecule has 6 heteroatoms. The Balaban J connectivity index is 2.13. The van der Waals surface area contributed by atoms with Crippen molar-refractivity contribution in [2.45, 2.75) is 30.4 Å². The number of hydrogen-bond acceptors (Lipinski definition) is 5. The van der Waals surface area contributed by atoms with Crippen LogP contribution in [0, 0.1) is 6.92 Å². The highest BCUT2D eigenvalue weighted by molar-refractivity contribution is 7.86. The lowest BCUT2D eigenvalue weighted by Gasteiger charge is -2.26. The summed E-state index contributed by atoms with van der Waals surface area (Å²) in [5, 5.41) is 9.61. The van der Waals surface area contributed by atoms with Crippen molar-refractivity contribution < 1.29 is 22.4 Å². The van der Waals surface area contributed by atoms with Gasteiger partial charge in [-0.3, -0.25) is 4.18 Å². The molecule has 0 saturated carbocycles. The van der Waals surface area contributed by atoms with E-state index in [0.29, 0.717) is 13.0 Å². The lowest BCUT2D eigenvalue weighted by atomic mass is 10.1. The molecule has 0 radical (unpaired) electrons. The maximum Gasteiger partial charge on any atom is 0.297 e. The summed E-state index contributed by atoms with van der Waals surface area (Å²) >= 11 is 0. The molecular weight excluding hydrogens is 256 g/mol. The van der Waals surface area contributed by atoms with Gasteiger partial charge in [0.05, 0.1) is 11.5 Å². The van der Waals surface area contributed by atoms with E-state index in [2.05, 4.69) is 0 Å². The van der Waals surface area contributed by atoms with Crippen molar-refractivity contribution >= 4 is 10.1 Å². The molecule has 1 heterocycles. The molecular formula is C12H16O5S. The average Bonchev–Trinajstić information content (AvgIpc) is 2.32. The second kappa shape index (κ2) is 5.36. The van der Waals surface area contributed by atoms with E-state index < -0.39 is 22.3 Å². The molecule has 0 aromatic heterocycles. The van der Waals surface area contributed by atoms with Crippen LogP contribution in [0.25, 0.3) is 0 Å². The predicted molar refractivity (Wildman–Crippen MR) is 64.7 cm³/mol. The van der Waals surface area contributed by atoms with Crippen LogP contribution in [0.3, 0.4) is 0 Å². The average molecular weight is 272 g/mol. The van der Waals surface area contributed by atoms with Gasteiger partial charge in [0.1, 0.15) is 12.2 Å². The molecule has 0 spiro atoms. The Kier molecular flexibility index (Phi) is 4.01. The largest absolute Gasteiger partial charge is 0.388 e. The third-order valence-corrected chi connectivity index (χ3v) is 4.17. The van der Waals surface area contributed by atoms with Gasteiger partial charge in [0, 0.05) is 13.0 Å². The van der Waals surface area contributed by atoms with Crippen LogP contribution in [0.2, 0.25) is 0 Å². The molecule has 1 aromatic rings. The Morgan fingerprint density at radius 2 is 2.00 bits per heavy atom. The van der Waals surface area contributed by atoms with Gasteiger partial charge >= 0.3 is 0 Å². The summed E-state index contributed by atoms with van der Waals surface area (Å²) < 4.78 is 34.0. The van der Waals surface area contributed by atoms with E-state index in [9.17, 15) is 13.5 Å². The van der Waals surface area contributed by atoms with E-state index in [1.54, 1.807) is 12.1 Å². The van der Waals surface area contributed by atoms with Crippen LogP contribution in [-0.2, 0) is 19.0 Å². The fraction of sp³-hybridized carbons (Fsp3) is 0.500. The topological polar surface area (TPSA) is 72.8 Å². The molecule has 1 aromatic carbocycles. The minimum atomic E-state index is -3.83. The second-order valence-corrected chi connectivity index (χ2v) is 5.90. The number of rotatable bonds is 3. The quantitative estimate of drug-likeness (QED) is 0.826. The highest BCUT2D eigenvalue weighted by Gasteiger charge is 2.30. The first-order chi connectivity index (χ1) is 8.49. The highest BCUT2D eigenvalue weighted by atomic mass is 32.2. The van der Waals surface area contributed by atoms with Crippen molar-refractivity contribution in [2.75, 3.05) is 13.2 Å². The van der Waals surface area contributed by atoms with Crippen molar-refractivity contribution in [3.05, 3.63) is 29.8 Å². The summed E-state index contributed by atoms with van der Waals surface area (Å²) in [5.41, 5.74) is 0.972. The van der Waals surface area contributed by atoms with Crippen molar-refractivity contribution in [1.29, 1.82) is 0 Å². The number of aryl methyl sites for hydroxylation is 1. The van der Waals surface area contributed by atoms with Crippen LogP contribution >= 0.6 is 0 Å². The summed E-state index contributed by atoms with van der Waals surface area (Å²) in [4.78, 5) is 0.104. The molecule has 1 aliphatic heterocycles. The van der Waals surface area contributed by atoms with E-state index in [1.807, 2.05) is 6.92 Å². The zero-order chi connectivity index (χ0) is 13.2. The summed E-state index contributed by atoms with van der Waals surface area (Å²) in [6, 6.07) is 6.40. The third kappa shape index (κ3) is 3.08. The summed E-state index contributed by atoms with van der Waals surface area (Å²) in [6.07, 6.45) is -1.27. The van der Waals surface area contributed by atoms with E-state index in [0.717, 1.165) is 5.56 Å². The first kappa shape index (κ1) is 13.5. The second-order valence-electron chi connectivity index (χ2n) is 4.33. The zero-order valence-corrected chi connectivity index (χ0v) is 10.9. The highest BCUT2D eigenvalue weighted by Crippen LogP contribution is 2.20. The standard InChI is InChI=1S/C12H16O5S/c1-9-2-4-10(5-3-9)18(14,15)17-12-6-7-16-8-11(12)13/h2-5,11-13H,6-8H2,1H3/t11-,12-/m0/s1. The van der Waals surface area contributed by atoms with Gasteiger partial charge in [0.15, 0.2) is 0 Å². The van der Waals surface area contributed by atoms with Crippen molar-refractivity contribution in [2.24, 2.45) is 0 Å². The minimum absolute atomic E-state index is 0.104. The van der Waals surface area contributed by atoms with Crippen molar-refractivity contribution in [3.63, 3.8) is 0 Å². The van der Waals surface area contributed by atoms with E-state index in [-0.39, 0.29) is 11.5 Å². The summed E-state index contributed by atoms with van der Waals surface area (Å²) in [5.74, 6) is 0. The molecule has 2 atom stereocenters. The zero-order valence-electron chi connectivity index (χ0n) is 10.1. The predicted octanol–water partition coefficient (Wildman–Crippen LogP) is 0.850. The van der Waals surface area contributed by atoms with Crippen LogP contribution in [-0.4, -0.2) is 38.9 Å². The molecule has 1 fully saturated rings. The first-order valence-electron chi connectivity index (χ1n) is 5.75. The monoisotopic (exact) mass is 272 g/mol. The van der Waals surface area contributed by atoms with Gasteiger partial charge in [-0.25, -0.2) is 0 Å². The Hall–Kier alpha value is -0.950. The summed E-state index contributed by atoms with van der Waals surface area (Å²) in [7, 11) is -3.83. The number of hydrogen-bond donors (Lipinski definition) is 1. The number of aliphatic hydroxyl groups is 1. The Bertz CT molecular complexity index is 494. The molecule has 100 valence electrons. The molecule has 1 N–H and O–H groups in total. The molecule has 1 aliphatic rings. The van der Waals surface area contributed by atoms with Crippen LogP contribution in [0.15, 0.2) is 29.2 Å². The Morgan fingerprint density at radius 1 is 1.33 bits per heavy atom. The number of ether oxygens (including phenoxy) is 1. The van der Waals surface area contributed by atoms with Crippen LogP contribution in [0.1, 0.15) is 12.0 Å². The molecule has 2 rings (SSSR count). The van der Waals surface area contributed by atoms with E-state index in [4.69, 9.17) is 8.92 Å². The normalized spacial score (nSPS) is 25.0. The first-order valence-corrected chi connectivity index (χ1v) is 7.15. The molecule has 1 saturated heterocycles. The fourth-order valence-corrected chi connectivity index (χ4v) is 2.87. The molecule has 0 unspecified atom stereocenters. The molecule has 18 heavy (non-hydrogen) atoms. The van der Waals surface area contributed by atoms with Gasteiger partial charge in [-0.05, 0) is 19.1 Å². The Morgan fingerprint density at radius 3 is 2.61 bits per heavy atom. The maximum atomic E-state index is 12.0. The SMILES string of the molecule is Cc1ccc(S(=O)(=O)O[C@H]2CCOC[C@@H]2O)cc1. The number of aliphatic hydroxyl groups excluding tert-OH is 1. The van der Waals surface area contributed by atoms with Gasteiger partial charge < -0.3 is 9.84 Å². The van der Waals surface area contributed by atoms with Gasteiger partial charge in [-0.15, -0.1) is 0 Å². The fourth-order valence-electron chi connectivity index (χ4n) is 1.74. The van der Waals surface area contributed by atoms with Crippen LogP contribution < -0.4 is 0 Å². The lowest BCUT2D eigenvalue weighted by Crippen LogP contribution is -2.39. The third-order valence-electron chi connectivity index (χ3n) is 2.82. The van der Waals surface area contributed by atoms with E-state index >= 15 is 0 Å². The van der Waals surface area contributed by atoms with Gasteiger partial charge in [-0.2, -0.15) is 8.42 Å². The van der Waals surface area contributed by atoms with Crippen LogP contribution in [0.5, 0.6) is 0 Å². The molecule has 0 aliphatic carbocycles. The minimum Gasteiger partial charge on any atom is -0.388 e. The Labute approximate surface area is 106 Å². The number of benzene rings is 1. The molecule has 0 amide bonds. The van der Waals surface area contributed by atoms with Crippen LogP contribution in [0.4, 0.5) is 0 Å². The maximum absolute atomic E-state index is 12.0. The van der Waals surface area contributed by atoms with Gasteiger partial charge in [-0.1, -0.05) is 17.7 Å². The van der Waals surface area contributed by atoms with Gasteiger partial charge in [0.25, 0.3) is 10.1 Å². The van der Waals surface area contributed by atoms with Crippen molar-refractivity contribution in [1.82, 2.24) is 0 Å². The lowest BCUT2D eigenvalue weighted by molar-refractivity contribution is -0.0730. The van der Waals surface area contributed by atoms with Crippen molar-refractivity contribution in [3.8, 4) is 0 Å². The summed E-state index contributed by atoms with van der Waals surface area (Å²) in [6.45, 7) is 2.37. The smallest absolute Gasteiger partial charge is 0.297 e. The molecule has 0 bridgehead atoms. The molecule has 5 nitrogen and oxygen atoms in total. The van der Waals surface area contributed by atoms with Gasteiger partial charge in [0.2, 0.25) is 0 Å².